The lowest BCUT2D eigenvalue weighted by Gasteiger charge is -2.54. The Hall–Kier alpha value is -1.24. The zero-order valence-electron chi connectivity index (χ0n) is 15.0. The zero-order valence-corrected chi connectivity index (χ0v) is 15.9. The monoisotopic (exact) mass is 362 g/mol. The van der Waals surface area contributed by atoms with Gasteiger partial charge in [0, 0.05) is 24.6 Å². The molecule has 3 aliphatic rings. The molecule has 2 saturated heterocycles. The van der Waals surface area contributed by atoms with Crippen LogP contribution >= 0.6 is 11.3 Å². The summed E-state index contributed by atoms with van der Waals surface area (Å²) in [6, 6.07) is 0.230. The van der Waals surface area contributed by atoms with E-state index in [9.17, 15) is 4.79 Å². The number of ether oxygens (including phenoxy) is 2. The van der Waals surface area contributed by atoms with E-state index >= 15 is 0 Å². The van der Waals surface area contributed by atoms with Gasteiger partial charge in [0.05, 0.1) is 30.5 Å². The largest absolute Gasteiger partial charge is 0.380 e. The van der Waals surface area contributed by atoms with Crippen molar-refractivity contribution in [3.63, 3.8) is 0 Å². The molecule has 1 aromatic rings. The van der Waals surface area contributed by atoms with Crippen molar-refractivity contribution in [2.24, 2.45) is 5.41 Å². The molecule has 25 heavy (non-hydrogen) atoms. The lowest BCUT2D eigenvalue weighted by molar-refractivity contribution is -0.0738. The Morgan fingerprint density at radius 3 is 2.96 bits per heavy atom. The summed E-state index contributed by atoms with van der Waals surface area (Å²) in [5.74, 6) is 0.159. The van der Waals surface area contributed by atoms with Gasteiger partial charge in [-0.05, 0) is 39.5 Å². The van der Waals surface area contributed by atoms with Crippen molar-refractivity contribution in [2.45, 2.75) is 45.6 Å². The number of nitrogens with zero attached hydrogens (tertiary/aromatic N) is 2. The molecule has 1 aromatic heterocycles. The van der Waals surface area contributed by atoms with Crippen molar-refractivity contribution in [2.75, 3.05) is 33.0 Å². The average molecular weight is 362 g/mol. The van der Waals surface area contributed by atoms with Crippen LogP contribution in [0.15, 0.2) is 11.6 Å². The molecule has 0 N–H and O–H groups in total. The predicted molar refractivity (Wildman–Crippen MR) is 97.0 cm³/mol. The molecular formula is C19H26N2O3S. The number of fused-ring (bicyclic) bond motifs is 1. The van der Waals surface area contributed by atoms with Crippen LogP contribution in [0, 0.1) is 19.3 Å². The minimum absolute atomic E-state index is 0.0242. The smallest absolute Gasteiger partial charge is 0.266 e. The maximum Gasteiger partial charge on any atom is 0.266 e. The summed E-state index contributed by atoms with van der Waals surface area (Å²) in [5, 5.41) is 0.961. The van der Waals surface area contributed by atoms with Crippen molar-refractivity contribution in [3.8, 4) is 0 Å². The van der Waals surface area contributed by atoms with E-state index < -0.39 is 0 Å². The normalized spacial score (nSPS) is 29.9. The Morgan fingerprint density at radius 2 is 2.24 bits per heavy atom. The Morgan fingerprint density at radius 1 is 1.36 bits per heavy atom. The van der Waals surface area contributed by atoms with E-state index in [1.165, 1.54) is 16.9 Å². The van der Waals surface area contributed by atoms with E-state index in [4.69, 9.17) is 9.47 Å². The van der Waals surface area contributed by atoms with Gasteiger partial charge in [0.2, 0.25) is 0 Å². The number of carbonyl (C=O) groups excluding carboxylic acids is 1. The predicted octanol–water partition coefficient (Wildman–Crippen LogP) is 3.12. The van der Waals surface area contributed by atoms with Crippen LogP contribution in [0.3, 0.4) is 0 Å². The molecule has 6 heteroatoms. The topological polar surface area (TPSA) is 51.7 Å². The fourth-order valence-corrected chi connectivity index (χ4v) is 5.66. The summed E-state index contributed by atoms with van der Waals surface area (Å²) in [6.07, 6.45) is 6.25. The molecule has 0 aromatic carbocycles. The molecule has 0 unspecified atom stereocenters. The van der Waals surface area contributed by atoms with Crippen molar-refractivity contribution in [1.29, 1.82) is 0 Å². The average Bonchev–Trinajstić information content (AvgIpc) is 2.99. The van der Waals surface area contributed by atoms with Crippen molar-refractivity contribution in [3.05, 3.63) is 27.2 Å². The van der Waals surface area contributed by atoms with Gasteiger partial charge in [0.15, 0.2) is 0 Å². The van der Waals surface area contributed by atoms with Crippen molar-refractivity contribution < 1.29 is 14.3 Å². The van der Waals surface area contributed by atoms with Crippen molar-refractivity contribution in [1.82, 2.24) is 9.88 Å². The zero-order chi connectivity index (χ0) is 17.4. The number of hydrogen-bond donors (Lipinski definition) is 0. The second-order valence-electron chi connectivity index (χ2n) is 7.32. The van der Waals surface area contributed by atoms with Gasteiger partial charge in [-0.3, -0.25) is 4.79 Å². The number of carbonyl (C=O) groups is 1. The molecule has 0 saturated carbocycles. The molecule has 0 radical (unpaired) electrons. The van der Waals surface area contributed by atoms with Gasteiger partial charge in [-0.2, -0.15) is 0 Å². The third kappa shape index (κ3) is 2.94. The molecular weight excluding hydrogens is 336 g/mol. The molecule has 136 valence electrons. The summed E-state index contributed by atoms with van der Waals surface area (Å²) in [4.78, 5) is 20.7. The van der Waals surface area contributed by atoms with Crippen LogP contribution in [-0.4, -0.2) is 54.8 Å². The number of piperidine rings is 1. The summed E-state index contributed by atoms with van der Waals surface area (Å²) in [5.41, 5.74) is 2.28. The van der Waals surface area contributed by atoms with Gasteiger partial charge in [-0.15, -0.1) is 11.3 Å². The van der Waals surface area contributed by atoms with Gasteiger partial charge in [-0.25, -0.2) is 4.98 Å². The highest BCUT2D eigenvalue weighted by Crippen LogP contribution is 2.48. The number of hydrogen-bond acceptors (Lipinski definition) is 5. The third-order valence-electron chi connectivity index (χ3n) is 5.89. The van der Waals surface area contributed by atoms with Crippen LogP contribution in [-0.2, 0) is 9.47 Å². The number of likely N-dealkylation sites (tertiary alicyclic amines) is 1. The van der Waals surface area contributed by atoms with Crippen molar-refractivity contribution >= 4 is 17.2 Å². The minimum atomic E-state index is -0.0242. The number of thiazole rings is 1. The van der Waals surface area contributed by atoms with Gasteiger partial charge in [0.25, 0.3) is 5.91 Å². The Labute approximate surface area is 153 Å². The van der Waals surface area contributed by atoms with E-state index in [-0.39, 0.29) is 17.4 Å². The highest BCUT2D eigenvalue weighted by Gasteiger charge is 2.50. The quantitative estimate of drug-likeness (QED) is 0.759. The lowest BCUT2D eigenvalue weighted by Crippen LogP contribution is -2.59. The molecule has 0 aliphatic carbocycles. The second kappa shape index (κ2) is 6.82. The van der Waals surface area contributed by atoms with Gasteiger partial charge in [-0.1, -0.05) is 11.6 Å². The summed E-state index contributed by atoms with van der Waals surface area (Å²) < 4.78 is 11.5. The fourth-order valence-electron chi connectivity index (χ4n) is 4.79. The molecule has 5 nitrogen and oxygen atoms in total. The van der Waals surface area contributed by atoms with Crippen LogP contribution < -0.4 is 0 Å². The van der Waals surface area contributed by atoms with Crippen LogP contribution in [0.1, 0.15) is 46.1 Å². The highest BCUT2D eigenvalue weighted by atomic mass is 32.1. The first-order valence-electron chi connectivity index (χ1n) is 9.22. The lowest BCUT2D eigenvalue weighted by atomic mass is 9.65. The molecule has 2 atom stereocenters. The van der Waals surface area contributed by atoms with E-state index in [2.05, 4.69) is 16.0 Å². The summed E-state index contributed by atoms with van der Waals surface area (Å²) in [6.45, 7) is 7.68. The maximum absolute atomic E-state index is 13.3. The third-order valence-corrected chi connectivity index (χ3v) is 6.95. The standard InChI is InChI=1S/C19H26N2O3S/c1-13-17(25-14(2)20-13)18(22)21-8-3-7-19(12-24-11-6-16(19)21)15-4-9-23-10-5-15/h4,16H,3,5-12H2,1-2H3/t16-,19-/m0/s1. The molecule has 1 amide bonds. The summed E-state index contributed by atoms with van der Waals surface area (Å²) in [7, 11) is 0. The van der Waals surface area contributed by atoms with Crippen LogP contribution in [0.2, 0.25) is 0 Å². The maximum atomic E-state index is 13.3. The Balaban J connectivity index is 1.68. The number of aryl methyl sites for hydroxylation is 2. The van der Waals surface area contributed by atoms with E-state index in [1.807, 2.05) is 13.8 Å². The number of aromatic nitrogens is 1. The van der Waals surface area contributed by atoms with Gasteiger partial charge < -0.3 is 14.4 Å². The molecule has 2 fully saturated rings. The van der Waals surface area contributed by atoms with Crippen LogP contribution in [0.4, 0.5) is 0 Å². The van der Waals surface area contributed by atoms with E-state index in [0.717, 1.165) is 67.6 Å². The van der Waals surface area contributed by atoms with Gasteiger partial charge in [0.1, 0.15) is 4.88 Å². The first-order chi connectivity index (χ1) is 12.1. The molecule has 4 heterocycles. The number of rotatable bonds is 2. The van der Waals surface area contributed by atoms with Crippen LogP contribution in [0.5, 0.6) is 0 Å². The van der Waals surface area contributed by atoms with Crippen LogP contribution in [0.25, 0.3) is 0 Å². The highest BCUT2D eigenvalue weighted by molar-refractivity contribution is 7.13. The second-order valence-corrected chi connectivity index (χ2v) is 8.52. The SMILES string of the molecule is Cc1nc(C)c(C(=O)N2CCC[C@@]3(C4=CCOCC4)COCC[C@H]23)s1. The van der Waals surface area contributed by atoms with E-state index in [1.54, 1.807) is 0 Å². The van der Waals surface area contributed by atoms with E-state index in [0.29, 0.717) is 6.61 Å². The first-order valence-corrected chi connectivity index (χ1v) is 10.0. The summed E-state index contributed by atoms with van der Waals surface area (Å²) >= 11 is 1.52. The molecule has 0 spiro atoms. The molecule has 0 bridgehead atoms. The minimum Gasteiger partial charge on any atom is -0.380 e. The Kier molecular flexibility index (Phi) is 4.69. The molecule has 4 rings (SSSR count). The fraction of sp³-hybridized carbons (Fsp3) is 0.684. The number of amides is 1. The first kappa shape index (κ1) is 17.2. The van der Waals surface area contributed by atoms with Gasteiger partial charge >= 0.3 is 0 Å². The molecule has 3 aliphatic heterocycles. The Bertz CT molecular complexity index is 695.